The third kappa shape index (κ3) is 15.7. The van der Waals surface area contributed by atoms with E-state index in [0.717, 1.165) is 38.5 Å². The van der Waals surface area contributed by atoms with Crippen molar-refractivity contribution in [2.45, 2.75) is 142 Å². The molecule has 6 nitrogen and oxygen atoms in total. The molecule has 0 fully saturated rings. The fraction of sp³-hybridized carbons (Fsp3) is 0.733. The molecule has 0 radical (unpaired) electrons. The Labute approximate surface area is 218 Å². The van der Waals surface area contributed by atoms with Gasteiger partial charge in [0, 0.05) is 0 Å². The minimum atomic E-state index is -0.963. The highest BCUT2D eigenvalue weighted by molar-refractivity contribution is 5.73. The van der Waals surface area contributed by atoms with Crippen LogP contribution in [0.1, 0.15) is 129 Å². The lowest BCUT2D eigenvalue weighted by molar-refractivity contribution is -0.146. The van der Waals surface area contributed by atoms with E-state index >= 15 is 0 Å². The molecule has 0 heterocycles. The Balaban J connectivity index is 2.38. The number of benzene rings is 1. The average molecular weight is 507 g/mol. The normalized spacial score (nSPS) is 12.7. The summed E-state index contributed by atoms with van der Waals surface area (Å²) in [5, 5.41) is 19.1. The zero-order valence-corrected chi connectivity index (χ0v) is 22.7. The summed E-state index contributed by atoms with van der Waals surface area (Å²) in [6.45, 7) is 4.41. The van der Waals surface area contributed by atoms with Crippen LogP contribution in [0.3, 0.4) is 0 Å². The van der Waals surface area contributed by atoms with Crippen molar-refractivity contribution in [1.29, 1.82) is 0 Å². The van der Waals surface area contributed by atoms with Gasteiger partial charge in [-0.05, 0) is 49.9 Å². The Morgan fingerprint density at radius 3 is 1.11 bits per heavy atom. The van der Waals surface area contributed by atoms with Crippen molar-refractivity contribution >= 4 is 11.9 Å². The first-order valence-corrected chi connectivity index (χ1v) is 14.4. The van der Waals surface area contributed by atoms with Gasteiger partial charge in [0.25, 0.3) is 0 Å². The Morgan fingerprint density at radius 2 is 0.833 bits per heavy atom. The highest BCUT2D eigenvalue weighted by Gasteiger charge is 2.21. The molecule has 2 atom stereocenters. The molecule has 1 aromatic rings. The topological polar surface area (TPSA) is 93.1 Å². The average Bonchev–Trinajstić information content (AvgIpc) is 2.86. The maximum Gasteiger partial charge on any atom is 0.344 e. The zero-order valence-electron chi connectivity index (χ0n) is 22.7. The Bertz CT molecular complexity index is 628. The van der Waals surface area contributed by atoms with Crippen molar-refractivity contribution in [3.05, 3.63) is 24.3 Å². The molecule has 0 amide bonds. The molecule has 1 aromatic carbocycles. The van der Waals surface area contributed by atoms with Gasteiger partial charge >= 0.3 is 11.9 Å². The van der Waals surface area contributed by atoms with E-state index in [0.29, 0.717) is 24.3 Å². The fourth-order valence-corrected chi connectivity index (χ4v) is 4.32. The molecule has 2 N–H and O–H groups in total. The summed E-state index contributed by atoms with van der Waals surface area (Å²) < 4.78 is 11.4. The summed E-state index contributed by atoms with van der Waals surface area (Å²) in [6.07, 6.45) is 17.7. The first-order chi connectivity index (χ1) is 17.5. The maximum atomic E-state index is 11.6. The van der Waals surface area contributed by atoms with Gasteiger partial charge in [0.05, 0.1) is 0 Å². The van der Waals surface area contributed by atoms with Crippen LogP contribution in [0.5, 0.6) is 11.5 Å². The number of aliphatic carboxylic acids is 2. The molecule has 0 spiro atoms. The van der Waals surface area contributed by atoms with Gasteiger partial charge in [0.1, 0.15) is 11.5 Å². The second-order valence-electron chi connectivity index (χ2n) is 9.89. The second-order valence-corrected chi connectivity index (χ2v) is 9.89. The quantitative estimate of drug-likeness (QED) is 0.137. The molecule has 0 saturated carbocycles. The predicted octanol–water partition coefficient (Wildman–Crippen LogP) is 8.41. The lowest BCUT2D eigenvalue weighted by atomic mass is 10.1. The monoisotopic (exact) mass is 506 g/mol. The molecule has 6 heteroatoms. The van der Waals surface area contributed by atoms with Gasteiger partial charge in [-0.25, -0.2) is 9.59 Å². The number of carboxylic acids is 2. The van der Waals surface area contributed by atoms with Crippen molar-refractivity contribution in [2.75, 3.05) is 0 Å². The summed E-state index contributed by atoms with van der Waals surface area (Å²) in [4.78, 5) is 23.3. The third-order valence-electron chi connectivity index (χ3n) is 6.57. The molecular formula is C30H50O6. The summed E-state index contributed by atoms with van der Waals surface area (Å²) >= 11 is 0. The molecular weight excluding hydrogens is 456 g/mol. The fourth-order valence-electron chi connectivity index (χ4n) is 4.32. The Hall–Kier alpha value is -2.24. The van der Waals surface area contributed by atoms with Crippen LogP contribution in [0.4, 0.5) is 0 Å². The van der Waals surface area contributed by atoms with Gasteiger partial charge in [-0.3, -0.25) is 0 Å². The van der Waals surface area contributed by atoms with Crippen LogP contribution in [0, 0.1) is 0 Å². The van der Waals surface area contributed by atoms with E-state index in [1.54, 1.807) is 24.3 Å². The zero-order chi connectivity index (χ0) is 26.4. The van der Waals surface area contributed by atoms with E-state index in [4.69, 9.17) is 9.47 Å². The molecule has 0 aliphatic rings. The number of hydrogen-bond donors (Lipinski definition) is 2. The number of carboxylic acid groups (broad SMARTS) is 2. The van der Waals surface area contributed by atoms with Crippen molar-refractivity contribution in [1.82, 2.24) is 0 Å². The summed E-state index contributed by atoms with van der Waals surface area (Å²) in [5.41, 5.74) is 0. The molecule has 2 unspecified atom stereocenters. The van der Waals surface area contributed by atoms with Crippen LogP contribution in [0.25, 0.3) is 0 Å². The van der Waals surface area contributed by atoms with Gasteiger partial charge in [0.15, 0.2) is 12.2 Å². The molecule has 0 aromatic heterocycles. The van der Waals surface area contributed by atoms with Crippen molar-refractivity contribution in [3.8, 4) is 11.5 Å². The van der Waals surface area contributed by atoms with Gasteiger partial charge in [-0.2, -0.15) is 0 Å². The van der Waals surface area contributed by atoms with Gasteiger partial charge in [-0.1, -0.05) is 104 Å². The lowest BCUT2D eigenvalue weighted by Crippen LogP contribution is -2.27. The summed E-state index contributed by atoms with van der Waals surface area (Å²) in [7, 11) is 0. The molecule has 206 valence electrons. The van der Waals surface area contributed by atoms with Gasteiger partial charge < -0.3 is 19.7 Å². The van der Waals surface area contributed by atoms with E-state index in [2.05, 4.69) is 13.8 Å². The standard InChI is InChI=1S/C30H50O6/c1-3-5-7-9-11-13-15-17-19-27(29(31)32)35-25-21-23-26(24-22-25)36-28(30(33)34)20-18-16-14-12-10-8-6-4-2/h21-24,27-28H,3-20H2,1-2H3,(H,31,32)(H,33,34). The highest BCUT2D eigenvalue weighted by atomic mass is 16.5. The van der Waals surface area contributed by atoms with Gasteiger partial charge in [0.2, 0.25) is 0 Å². The largest absolute Gasteiger partial charge is 0.479 e. The van der Waals surface area contributed by atoms with Crippen LogP contribution >= 0.6 is 0 Å². The summed E-state index contributed by atoms with van der Waals surface area (Å²) in [5.74, 6) is -1.03. The number of rotatable bonds is 24. The summed E-state index contributed by atoms with van der Waals surface area (Å²) in [6, 6.07) is 6.59. The lowest BCUT2D eigenvalue weighted by Gasteiger charge is -2.17. The minimum Gasteiger partial charge on any atom is -0.479 e. The van der Waals surface area contributed by atoms with Crippen LogP contribution in [0.15, 0.2) is 24.3 Å². The van der Waals surface area contributed by atoms with E-state index in [1.165, 1.54) is 64.2 Å². The second kappa shape index (κ2) is 20.9. The van der Waals surface area contributed by atoms with Crippen LogP contribution < -0.4 is 9.47 Å². The number of carbonyl (C=O) groups is 2. The van der Waals surface area contributed by atoms with E-state index < -0.39 is 24.1 Å². The molecule has 0 aliphatic heterocycles. The predicted molar refractivity (Wildman–Crippen MR) is 145 cm³/mol. The number of ether oxygens (including phenoxy) is 2. The van der Waals surface area contributed by atoms with E-state index in [-0.39, 0.29) is 0 Å². The van der Waals surface area contributed by atoms with E-state index in [9.17, 15) is 19.8 Å². The van der Waals surface area contributed by atoms with Gasteiger partial charge in [-0.15, -0.1) is 0 Å². The first kappa shape index (κ1) is 31.8. The third-order valence-corrected chi connectivity index (χ3v) is 6.57. The molecule has 36 heavy (non-hydrogen) atoms. The SMILES string of the molecule is CCCCCCCCCCC(Oc1ccc(OC(CCCCCCCCCC)C(=O)O)cc1)C(=O)O. The molecule has 0 aliphatic carbocycles. The van der Waals surface area contributed by atoms with Crippen LogP contribution in [-0.2, 0) is 9.59 Å². The van der Waals surface area contributed by atoms with Crippen molar-refractivity contribution < 1.29 is 29.3 Å². The van der Waals surface area contributed by atoms with Crippen molar-refractivity contribution in [2.24, 2.45) is 0 Å². The molecule has 0 bridgehead atoms. The molecule has 1 rings (SSSR count). The highest BCUT2D eigenvalue weighted by Crippen LogP contribution is 2.23. The number of hydrogen-bond acceptors (Lipinski definition) is 4. The molecule has 0 saturated heterocycles. The smallest absolute Gasteiger partial charge is 0.344 e. The number of unbranched alkanes of at least 4 members (excludes halogenated alkanes) is 14. The maximum absolute atomic E-state index is 11.6. The van der Waals surface area contributed by atoms with Crippen molar-refractivity contribution in [3.63, 3.8) is 0 Å². The Morgan fingerprint density at radius 1 is 0.556 bits per heavy atom. The first-order valence-electron chi connectivity index (χ1n) is 14.4. The Kier molecular flexibility index (Phi) is 18.5. The van der Waals surface area contributed by atoms with Crippen LogP contribution in [-0.4, -0.2) is 34.4 Å². The van der Waals surface area contributed by atoms with E-state index in [1.807, 2.05) is 0 Å². The van der Waals surface area contributed by atoms with Crippen LogP contribution in [0.2, 0.25) is 0 Å². The minimum absolute atomic E-state index is 0.448.